The van der Waals surface area contributed by atoms with Crippen molar-refractivity contribution < 1.29 is 4.79 Å². The van der Waals surface area contributed by atoms with E-state index in [1.54, 1.807) is 4.57 Å². The molecule has 1 aromatic carbocycles. The maximum absolute atomic E-state index is 12.7. The molecule has 5 nitrogen and oxygen atoms in total. The van der Waals surface area contributed by atoms with E-state index in [1.807, 2.05) is 37.3 Å². The van der Waals surface area contributed by atoms with Gasteiger partial charge in [0.15, 0.2) is 0 Å². The molecule has 1 aliphatic rings. The summed E-state index contributed by atoms with van der Waals surface area (Å²) in [4.78, 5) is 31.1. The van der Waals surface area contributed by atoms with Crippen LogP contribution in [-0.2, 0) is 19.4 Å². The highest BCUT2D eigenvalue weighted by molar-refractivity contribution is 7.20. The molecule has 3 aromatic rings. The highest BCUT2D eigenvalue weighted by Gasteiger charge is 2.23. The fourth-order valence-electron chi connectivity index (χ4n) is 3.34. The summed E-state index contributed by atoms with van der Waals surface area (Å²) in [5.41, 5.74) is 1.93. The van der Waals surface area contributed by atoms with E-state index in [1.165, 1.54) is 16.9 Å². The number of nitrogens with one attached hydrogen (secondary N) is 1. The quantitative estimate of drug-likeness (QED) is 0.784. The number of aryl methyl sites for hydroxylation is 2. The van der Waals surface area contributed by atoms with Crippen LogP contribution in [0, 0.1) is 6.92 Å². The Kier molecular flexibility index (Phi) is 4.13. The van der Waals surface area contributed by atoms with Crippen molar-refractivity contribution in [3.05, 3.63) is 62.5 Å². The summed E-state index contributed by atoms with van der Waals surface area (Å²) in [6, 6.07) is 10.1. The van der Waals surface area contributed by atoms with E-state index in [-0.39, 0.29) is 11.5 Å². The van der Waals surface area contributed by atoms with Crippen LogP contribution in [0.15, 0.2) is 35.1 Å². The average molecular weight is 353 g/mol. The van der Waals surface area contributed by atoms with Gasteiger partial charge < -0.3 is 5.32 Å². The second-order valence-electron chi connectivity index (χ2n) is 6.32. The lowest BCUT2D eigenvalue weighted by atomic mass is 10.1. The van der Waals surface area contributed by atoms with Gasteiger partial charge >= 0.3 is 0 Å². The van der Waals surface area contributed by atoms with E-state index in [0.29, 0.717) is 21.6 Å². The molecule has 3 heterocycles. The molecule has 6 heteroatoms. The van der Waals surface area contributed by atoms with Gasteiger partial charge in [0.2, 0.25) is 0 Å². The lowest BCUT2D eigenvalue weighted by molar-refractivity contribution is 0.0957. The number of carbonyl (C=O) groups is 1. The molecular weight excluding hydrogens is 334 g/mol. The Morgan fingerprint density at radius 1 is 1.32 bits per heavy atom. The standard InChI is InChI=1S/C19H19N3O2S/c1-12-15-18(21-14-8-5-11-22(14)19(15)24)25-16(12)17(23)20-10-9-13-6-3-2-4-7-13/h2-4,6-7H,5,8-11H2,1H3,(H,20,23). The van der Waals surface area contributed by atoms with Gasteiger partial charge in [-0.25, -0.2) is 4.98 Å². The summed E-state index contributed by atoms with van der Waals surface area (Å²) >= 11 is 1.32. The number of rotatable bonds is 4. The van der Waals surface area contributed by atoms with E-state index in [4.69, 9.17) is 0 Å². The molecule has 2 aromatic heterocycles. The normalized spacial score (nSPS) is 13.2. The van der Waals surface area contributed by atoms with Crippen molar-refractivity contribution >= 4 is 27.5 Å². The van der Waals surface area contributed by atoms with Crippen molar-refractivity contribution in [1.29, 1.82) is 0 Å². The van der Waals surface area contributed by atoms with E-state index < -0.39 is 0 Å². The zero-order chi connectivity index (χ0) is 17.4. The average Bonchev–Trinajstić information content (AvgIpc) is 3.21. The van der Waals surface area contributed by atoms with E-state index in [2.05, 4.69) is 10.3 Å². The van der Waals surface area contributed by atoms with Gasteiger partial charge in [-0.3, -0.25) is 14.2 Å². The Morgan fingerprint density at radius 2 is 2.12 bits per heavy atom. The number of benzene rings is 1. The molecular formula is C19H19N3O2S. The summed E-state index contributed by atoms with van der Waals surface area (Å²) in [7, 11) is 0. The number of hydrogen-bond donors (Lipinski definition) is 1. The van der Waals surface area contributed by atoms with Gasteiger partial charge in [-0.05, 0) is 30.9 Å². The summed E-state index contributed by atoms with van der Waals surface area (Å²) in [5.74, 6) is 0.718. The first kappa shape index (κ1) is 16.0. The molecule has 0 spiro atoms. The minimum atomic E-state index is -0.124. The molecule has 0 saturated heterocycles. The first-order valence-corrected chi connectivity index (χ1v) is 9.31. The molecule has 0 atom stereocenters. The van der Waals surface area contributed by atoms with Crippen LogP contribution in [0.25, 0.3) is 10.2 Å². The number of thiophene rings is 1. The van der Waals surface area contributed by atoms with E-state index in [9.17, 15) is 9.59 Å². The molecule has 0 aliphatic carbocycles. The Bertz CT molecular complexity index is 1000. The Hall–Kier alpha value is -2.47. The number of fused-ring (bicyclic) bond motifs is 2. The molecule has 0 fully saturated rings. The maximum atomic E-state index is 12.7. The van der Waals surface area contributed by atoms with Gasteiger partial charge in [0.05, 0.1) is 10.3 Å². The van der Waals surface area contributed by atoms with Crippen LogP contribution in [0.2, 0.25) is 0 Å². The Balaban J connectivity index is 1.57. The van der Waals surface area contributed by atoms with E-state index >= 15 is 0 Å². The first-order chi connectivity index (χ1) is 12.1. The van der Waals surface area contributed by atoms with Crippen LogP contribution in [0.3, 0.4) is 0 Å². The topological polar surface area (TPSA) is 64.0 Å². The summed E-state index contributed by atoms with van der Waals surface area (Å²) in [5, 5.41) is 3.56. The van der Waals surface area contributed by atoms with Gasteiger partial charge in [0.25, 0.3) is 11.5 Å². The third-order valence-electron chi connectivity index (χ3n) is 4.66. The smallest absolute Gasteiger partial charge is 0.262 e. The first-order valence-electron chi connectivity index (χ1n) is 8.50. The minimum absolute atomic E-state index is 0.00501. The largest absolute Gasteiger partial charge is 0.351 e. The highest BCUT2D eigenvalue weighted by Crippen LogP contribution is 2.28. The van der Waals surface area contributed by atoms with Crippen LogP contribution in [0.1, 0.15) is 33.0 Å². The Morgan fingerprint density at radius 3 is 2.92 bits per heavy atom. The lowest BCUT2D eigenvalue weighted by Gasteiger charge is -2.04. The fourth-order valence-corrected chi connectivity index (χ4v) is 4.44. The van der Waals surface area contributed by atoms with Crippen molar-refractivity contribution in [3.63, 3.8) is 0 Å². The van der Waals surface area contributed by atoms with Crippen molar-refractivity contribution in [3.8, 4) is 0 Å². The second kappa shape index (κ2) is 6.44. The molecule has 0 saturated carbocycles. The fraction of sp³-hybridized carbons (Fsp3) is 0.316. The summed E-state index contributed by atoms with van der Waals surface area (Å²) in [6.45, 7) is 3.14. The van der Waals surface area contributed by atoms with Gasteiger partial charge in [-0.1, -0.05) is 30.3 Å². The molecule has 1 amide bonds. The number of carbonyl (C=O) groups excluding carboxylic acids is 1. The zero-order valence-corrected chi connectivity index (χ0v) is 14.9. The number of hydrogen-bond acceptors (Lipinski definition) is 4. The van der Waals surface area contributed by atoms with Crippen LogP contribution in [0.5, 0.6) is 0 Å². The molecule has 4 rings (SSSR count). The predicted octanol–water partition coefficient (Wildman–Crippen LogP) is 2.69. The van der Waals surface area contributed by atoms with Gasteiger partial charge in [0.1, 0.15) is 10.7 Å². The van der Waals surface area contributed by atoms with E-state index in [0.717, 1.165) is 37.2 Å². The molecule has 25 heavy (non-hydrogen) atoms. The highest BCUT2D eigenvalue weighted by atomic mass is 32.1. The predicted molar refractivity (Wildman–Crippen MR) is 99.4 cm³/mol. The molecule has 128 valence electrons. The molecule has 0 bridgehead atoms. The van der Waals surface area contributed by atoms with Crippen molar-refractivity contribution in [2.75, 3.05) is 6.54 Å². The van der Waals surface area contributed by atoms with Crippen LogP contribution in [-0.4, -0.2) is 22.0 Å². The molecule has 1 aliphatic heterocycles. The van der Waals surface area contributed by atoms with Crippen LogP contribution in [0.4, 0.5) is 0 Å². The van der Waals surface area contributed by atoms with Crippen molar-refractivity contribution in [2.45, 2.75) is 32.7 Å². The summed E-state index contributed by atoms with van der Waals surface area (Å²) in [6.07, 6.45) is 2.58. The maximum Gasteiger partial charge on any atom is 0.262 e. The third-order valence-corrected chi connectivity index (χ3v) is 5.84. The number of amides is 1. The monoisotopic (exact) mass is 353 g/mol. The van der Waals surface area contributed by atoms with Crippen LogP contribution < -0.4 is 10.9 Å². The van der Waals surface area contributed by atoms with Crippen LogP contribution >= 0.6 is 11.3 Å². The van der Waals surface area contributed by atoms with Gasteiger partial charge in [-0.15, -0.1) is 11.3 Å². The lowest BCUT2D eigenvalue weighted by Crippen LogP contribution is -2.25. The zero-order valence-electron chi connectivity index (χ0n) is 14.0. The van der Waals surface area contributed by atoms with Gasteiger partial charge in [0, 0.05) is 19.5 Å². The molecule has 1 N–H and O–H groups in total. The van der Waals surface area contributed by atoms with Gasteiger partial charge in [-0.2, -0.15) is 0 Å². The van der Waals surface area contributed by atoms with Crippen molar-refractivity contribution in [2.24, 2.45) is 0 Å². The molecule has 0 radical (unpaired) electrons. The molecule has 0 unspecified atom stereocenters. The minimum Gasteiger partial charge on any atom is -0.351 e. The number of aromatic nitrogens is 2. The second-order valence-corrected chi connectivity index (χ2v) is 7.32. The van der Waals surface area contributed by atoms with Crippen molar-refractivity contribution in [1.82, 2.24) is 14.9 Å². The third kappa shape index (κ3) is 2.87. The number of nitrogens with zero attached hydrogens (tertiary/aromatic N) is 2. The SMILES string of the molecule is Cc1c(C(=O)NCCc2ccccc2)sc2nc3n(c(=O)c12)CCC3. The Labute approximate surface area is 149 Å². The summed E-state index contributed by atoms with van der Waals surface area (Å²) < 4.78 is 1.75.